The summed E-state index contributed by atoms with van der Waals surface area (Å²) in [5, 5.41) is -5.44. The third-order valence-corrected chi connectivity index (χ3v) is 4.63. The van der Waals surface area contributed by atoms with E-state index in [-0.39, 0.29) is 5.56 Å². The van der Waals surface area contributed by atoms with Crippen molar-refractivity contribution in [3.63, 3.8) is 0 Å². The van der Waals surface area contributed by atoms with Crippen LogP contribution in [0.3, 0.4) is 0 Å². The molecule has 26 heavy (non-hydrogen) atoms. The van der Waals surface area contributed by atoms with Crippen LogP contribution in [0.2, 0.25) is 0 Å². The normalized spacial score (nSPS) is 22.1. The van der Waals surface area contributed by atoms with Crippen LogP contribution < -0.4 is 0 Å². The van der Waals surface area contributed by atoms with Gasteiger partial charge in [-0.05, 0) is 30.8 Å². The lowest BCUT2D eigenvalue weighted by atomic mass is 9.75. The molecule has 1 aliphatic carbocycles. The van der Waals surface area contributed by atoms with Gasteiger partial charge < -0.3 is 0 Å². The van der Waals surface area contributed by atoms with E-state index >= 15 is 0 Å². The van der Waals surface area contributed by atoms with Gasteiger partial charge in [0.25, 0.3) is 0 Å². The van der Waals surface area contributed by atoms with Crippen LogP contribution in [0.1, 0.15) is 19.4 Å². The van der Waals surface area contributed by atoms with Crippen LogP contribution in [-0.2, 0) is 5.41 Å². The summed E-state index contributed by atoms with van der Waals surface area (Å²) in [7, 11) is 0. The first kappa shape index (κ1) is 20.7. The molecule has 2 rings (SSSR count). The minimum absolute atomic E-state index is 0.0311. The summed E-state index contributed by atoms with van der Waals surface area (Å²) in [4.78, 5) is 2.90. The van der Waals surface area contributed by atoms with Gasteiger partial charge in [-0.15, -0.1) is 0 Å². The average molecular weight is 402 g/mol. The number of allylic oxidation sites excluding steroid dienone is 3. The smallest absolute Gasteiger partial charge is 0.228 e. The molecule has 1 heterocycles. The maximum atomic E-state index is 14.0. The fraction of sp³-hybridized carbons (Fsp3) is 0.375. The summed E-state index contributed by atoms with van der Waals surface area (Å²) in [5.74, 6) is -7.14. The third-order valence-electron chi connectivity index (χ3n) is 3.65. The number of thioether (sulfide) groups is 1. The minimum atomic E-state index is -6.41. The summed E-state index contributed by atoms with van der Waals surface area (Å²) in [6.07, 6.45) is -1.75. The number of nitrogens with zero attached hydrogens (tertiary/aromatic N) is 1. The summed E-state index contributed by atoms with van der Waals surface area (Å²) in [6.45, 7) is 2.84. The van der Waals surface area contributed by atoms with Crippen molar-refractivity contribution in [3.05, 3.63) is 58.9 Å². The zero-order chi connectivity index (χ0) is 20.0. The van der Waals surface area contributed by atoms with E-state index in [4.69, 9.17) is 0 Å². The first-order chi connectivity index (χ1) is 11.7. The molecule has 1 aromatic heterocycles. The molecule has 1 unspecified atom stereocenters. The number of aromatic nitrogens is 1. The lowest BCUT2D eigenvalue weighted by molar-refractivity contribution is -0.330. The highest BCUT2D eigenvalue weighted by molar-refractivity contribution is 8.04. The SMILES string of the molecule is CC1=CC(SC(F)(F)C(F)(F)C(F)(F)F)=CC(C)(c2cccnc2F)[CH]1. The number of hydrogen-bond donors (Lipinski definition) is 0. The molecule has 0 fully saturated rings. The molecule has 1 radical (unpaired) electrons. The van der Waals surface area contributed by atoms with Gasteiger partial charge in [-0.25, -0.2) is 4.98 Å². The van der Waals surface area contributed by atoms with E-state index in [0.717, 1.165) is 18.3 Å². The summed E-state index contributed by atoms with van der Waals surface area (Å²) < 4.78 is 104. The fourth-order valence-electron chi connectivity index (χ4n) is 2.50. The number of rotatable bonds is 4. The highest BCUT2D eigenvalue weighted by Gasteiger charge is 2.73. The molecule has 0 spiro atoms. The van der Waals surface area contributed by atoms with Crippen LogP contribution in [0.25, 0.3) is 0 Å². The molecule has 0 aromatic carbocycles. The lowest BCUT2D eigenvalue weighted by Gasteiger charge is -2.33. The van der Waals surface area contributed by atoms with Gasteiger partial charge in [0.05, 0.1) is 0 Å². The van der Waals surface area contributed by atoms with Gasteiger partial charge in [0.2, 0.25) is 5.95 Å². The van der Waals surface area contributed by atoms with Gasteiger partial charge in [-0.3, -0.25) is 0 Å². The van der Waals surface area contributed by atoms with E-state index in [1.54, 1.807) is 0 Å². The number of halogens is 8. The van der Waals surface area contributed by atoms with Crippen LogP contribution in [0, 0.1) is 12.4 Å². The van der Waals surface area contributed by atoms with Crippen molar-refractivity contribution in [1.29, 1.82) is 0 Å². The first-order valence-electron chi connectivity index (χ1n) is 7.09. The molecule has 0 saturated carbocycles. The van der Waals surface area contributed by atoms with Crippen LogP contribution in [0.4, 0.5) is 35.1 Å². The Morgan fingerprint density at radius 1 is 1.08 bits per heavy atom. The zero-order valence-electron chi connectivity index (χ0n) is 13.3. The lowest BCUT2D eigenvalue weighted by Crippen LogP contribution is -2.50. The number of pyridine rings is 1. The molecule has 0 saturated heterocycles. The van der Waals surface area contributed by atoms with Gasteiger partial charge in [0.15, 0.2) is 0 Å². The van der Waals surface area contributed by atoms with Crippen molar-refractivity contribution in [2.75, 3.05) is 0 Å². The van der Waals surface area contributed by atoms with Crippen LogP contribution >= 0.6 is 11.8 Å². The minimum Gasteiger partial charge on any atom is -0.228 e. The maximum absolute atomic E-state index is 14.0. The topological polar surface area (TPSA) is 12.9 Å². The molecule has 1 aromatic rings. The van der Waals surface area contributed by atoms with Gasteiger partial charge in [-0.1, -0.05) is 24.6 Å². The van der Waals surface area contributed by atoms with E-state index in [2.05, 4.69) is 4.98 Å². The van der Waals surface area contributed by atoms with E-state index in [9.17, 15) is 35.1 Å². The van der Waals surface area contributed by atoms with E-state index in [0.29, 0.717) is 5.57 Å². The maximum Gasteiger partial charge on any atom is 0.460 e. The second kappa shape index (κ2) is 6.54. The monoisotopic (exact) mass is 402 g/mol. The standard InChI is InChI=1S/C16H12F8NS/c1-9-6-10(26-16(23,24)14(18,19)15(20,21)22)8-13(2,7-9)11-4-3-5-25-12(11)17/h3-8H,1-2H3. The van der Waals surface area contributed by atoms with Gasteiger partial charge in [-0.2, -0.15) is 35.1 Å². The molecular formula is C16H12F8NS. The Kier molecular flexibility index (Phi) is 5.22. The molecular weight excluding hydrogens is 390 g/mol. The predicted octanol–water partition coefficient (Wildman–Crippen LogP) is 6.05. The second-order valence-corrected chi connectivity index (χ2v) is 7.08. The molecule has 0 N–H and O–H groups in total. The Bertz CT molecular complexity index is 753. The Morgan fingerprint density at radius 3 is 2.23 bits per heavy atom. The summed E-state index contributed by atoms with van der Waals surface area (Å²) >= 11 is -0.918. The van der Waals surface area contributed by atoms with Crippen molar-refractivity contribution < 1.29 is 35.1 Å². The predicted molar refractivity (Wildman–Crippen MR) is 81.2 cm³/mol. The Hall–Kier alpha value is -1.58. The molecule has 143 valence electrons. The van der Waals surface area contributed by atoms with Gasteiger partial charge in [0, 0.05) is 28.5 Å². The molecule has 0 amide bonds. The van der Waals surface area contributed by atoms with Crippen molar-refractivity contribution in [2.45, 2.75) is 36.6 Å². The Morgan fingerprint density at radius 2 is 1.69 bits per heavy atom. The number of alkyl halides is 7. The van der Waals surface area contributed by atoms with Gasteiger partial charge >= 0.3 is 17.4 Å². The van der Waals surface area contributed by atoms with E-state index < -0.39 is 45.4 Å². The van der Waals surface area contributed by atoms with Gasteiger partial charge in [0.1, 0.15) is 0 Å². The van der Waals surface area contributed by atoms with Crippen molar-refractivity contribution in [1.82, 2.24) is 4.98 Å². The molecule has 0 bridgehead atoms. The van der Waals surface area contributed by atoms with Crippen LogP contribution in [0.5, 0.6) is 0 Å². The largest absolute Gasteiger partial charge is 0.460 e. The highest BCUT2D eigenvalue weighted by atomic mass is 32.2. The van der Waals surface area contributed by atoms with E-state index in [1.165, 1.54) is 32.4 Å². The second-order valence-electron chi connectivity index (χ2n) is 5.89. The average Bonchev–Trinajstić information content (AvgIpc) is 2.44. The fourth-order valence-corrected chi connectivity index (χ4v) is 3.59. The first-order valence-corrected chi connectivity index (χ1v) is 7.91. The third kappa shape index (κ3) is 3.74. The van der Waals surface area contributed by atoms with Crippen LogP contribution in [-0.4, -0.2) is 22.3 Å². The Balaban J connectivity index is 2.43. The van der Waals surface area contributed by atoms with Crippen molar-refractivity contribution >= 4 is 11.8 Å². The zero-order valence-corrected chi connectivity index (χ0v) is 14.2. The van der Waals surface area contributed by atoms with Crippen LogP contribution in [0.15, 0.2) is 41.0 Å². The summed E-state index contributed by atoms with van der Waals surface area (Å²) in [5.41, 5.74) is -1.08. The van der Waals surface area contributed by atoms with E-state index in [1.807, 2.05) is 0 Å². The molecule has 0 aliphatic heterocycles. The molecule has 1 atom stereocenters. The van der Waals surface area contributed by atoms with Crippen molar-refractivity contribution in [3.8, 4) is 0 Å². The number of hydrogen-bond acceptors (Lipinski definition) is 2. The molecule has 1 nitrogen and oxygen atoms in total. The van der Waals surface area contributed by atoms with Crippen molar-refractivity contribution in [2.24, 2.45) is 0 Å². The quantitative estimate of drug-likeness (QED) is 0.449. The highest BCUT2D eigenvalue weighted by Crippen LogP contribution is 2.55. The Labute approximate surface area is 148 Å². The molecule has 10 heteroatoms. The summed E-state index contributed by atoms with van der Waals surface area (Å²) in [6, 6.07) is 2.71. The molecule has 1 aliphatic rings.